The topological polar surface area (TPSA) is 58.6 Å². The number of ether oxygens (including phenoxy) is 1. The minimum Gasteiger partial charge on any atom is -0.484 e. The van der Waals surface area contributed by atoms with Crippen LogP contribution in [-0.4, -0.2) is 34.9 Å². The van der Waals surface area contributed by atoms with E-state index in [1.165, 1.54) is 4.90 Å². The lowest BCUT2D eigenvalue weighted by molar-refractivity contribution is -0.142. The molecular formula is C24H30Cl2N2O3. The van der Waals surface area contributed by atoms with Crippen LogP contribution in [0.2, 0.25) is 10.0 Å². The molecule has 0 radical (unpaired) electrons. The molecule has 0 bridgehead atoms. The van der Waals surface area contributed by atoms with Crippen molar-refractivity contribution in [3.8, 4) is 5.75 Å². The first-order valence-electron chi connectivity index (χ1n) is 10.1. The van der Waals surface area contributed by atoms with E-state index in [0.29, 0.717) is 21.4 Å². The Hall–Kier alpha value is -2.24. The molecule has 0 heterocycles. The van der Waals surface area contributed by atoms with Crippen LogP contribution in [0.4, 0.5) is 0 Å². The molecule has 0 unspecified atom stereocenters. The standard InChI is InChI=1S/C24H30Cl2N2O3/c1-15-7-10-20(11-16(15)2)31-14-22(29)28(17(3)23(30)27-24(4,5)6)13-18-8-9-19(25)12-21(18)26/h7-12,17H,13-14H2,1-6H3,(H,27,30)/t17-/m1/s1. The largest absolute Gasteiger partial charge is 0.484 e. The van der Waals surface area contributed by atoms with Crippen LogP contribution < -0.4 is 10.1 Å². The summed E-state index contributed by atoms with van der Waals surface area (Å²) in [6, 6.07) is 10.0. The van der Waals surface area contributed by atoms with Gasteiger partial charge >= 0.3 is 0 Å². The molecule has 0 saturated heterocycles. The highest BCUT2D eigenvalue weighted by atomic mass is 35.5. The van der Waals surface area contributed by atoms with Crippen LogP contribution >= 0.6 is 23.2 Å². The van der Waals surface area contributed by atoms with Gasteiger partial charge in [-0.25, -0.2) is 0 Å². The normalized spacial score (nSPS) is 12.3. The van der Waals surface area contributed by atoms with Crippen LogP contribution in [0.3, 0.4) is 0 Å². The quantitative estimate of drug-likeness (QED) is 0.602. The Bertz CT molecular complexity index is 954. The molecule has 0 saturated carbocycles. The number of nitrogens with one attached hydrogen (secondary N) is 1. The lowest BCUT2D eigenvalue weighted by Crippen LogP contribution is -2.53. The van der Waals surface area contributed by atoms with E-state index in [2.05, 4.69) is 5.32 Å². The Kier molecular flexibility index (Phi) is 8.38. The molecule has 2 amide bonds. The van der Waals surface area contributed by atoms with Crippen LogP contribution in [0.1, 0.15) is 44.4 Å². The predicted octanol–water partition coefficient (Wildman–Crippen LogP) is 5.32. The fraction of sp³-hybridized carbons (Fsp3) is 0.417. The van der Waals surface area contributed by atoms with E-state index in [9.17, 15) is 9.59 Å². The second-order valence-electron chi connectivity index (χ2n) is 8.71. The number of benzene rings is 2. The summed E-state index contributed by atoms with van der Waals surface area (Å²) in [4.78, 5) is 27.4. The van der Waals surface area contributed by atoms with Crippen molar-refractivity contribution in [2.45, 2.75) is 59.7 Å². The van der Waals surface area contributed by atoms with Crippen LogP contribution in [-0.2, 0) is 16.1 Å². The molecule has 31 heavy (non-hydrogen) atoms. The molecule has 2 aromatic rings. The van der Waals surface area contributed by atoms with Crippen LogP contribution in [0.25, 0.3) is 0 Å². The van der Waals surface area contributed by atoms with Gasteiger partial charge in [-0.1, -0.05) is 35.3 Å². The van der Waals surface area contributed by atoms with Crippen molar-refractivity contribution in [1.29, 1.82) is 0 Å². The van der Waals surface area contributed by atoms with E-state index in [-0.39, 0.29) is 25.0 Å². The van der Waals surface area contributed by atoms with Crippen LogP contribution in [0, 0.1) is 13.8 Å². The average molecular weight is 465 g/mol. The molecule has 0 aliphatic rings. The van der Waals surface area contributed by atoms with Gasteiger partial charge in [-0.2, -0.15) is 0 Å². The van der Waals surface area contributed by atoms with Gasteiger partial charge in [0.2, 0.25) is 5.91 Å². The Labute approximate surface area is 194 Å². The molecule has 168 valence electrons. The molecule has 0 fully saturated rings. The van der Waals surface area contributed by atoms with Crippen molar-refractivity contribution in [2.75, 3.05) is 6.61 Å². The summed E-state index contributed by atoms with van der Waals surface area (Å²) in [5, 5.41) is 3.86. The molecule has 1 atom stereocenters. The minimum absolute atomic E-state index is 0.157. The van der Waals surface area contributed by atoms with Gasteiger partial charge in [-0.15, -0.1) is 0 Å². The molecule has 7 heteroatoms. The van der Waals surface area contributed by atoms with Crippen molar-refractivity contribution in [3.05, 3.63) is 63.1 Å². The van der Waals surface area contributed by atoms with E-state index in [4.69, 9.17) is 27.9 Å². The molecule has 1 N–H and O–H groups in total. The zero-order chi connectivity index (χ0) is 23.3. The van der Waals surface area contributed by atoms with Gasteiger partial charge in [0, 0.05) is 22.1 Å². The number of carbonyl (C=O) groups is 2. The fourth-order valence-corrected chi connectivity index (χ4v) is 3.39. The molecular weight excluding hydrogens is 435 g/mol. The van der Waals surface area contributed by atoms with Crippen molar-refractivity contribution in [2.24, 2.45) is 0 Å². The van der Waals surface area contributed by atoms with Gasteiger partial charge in [0.05, 0.1) is 0 Å². The second-order valence-corrected chi connectivity index (χ2v) is 9.55. The molecule has 0 aliphatic heterocycles. The molecule has 5 nitrogen and oxygen atoms in total. The molecule has 2 rings (SSSR count). The second kappa shape index (κ2) is 10.4. The van der Waals surface area contributed by atoms with Gasteiger partial charge in [-0.05, 0) is 82.5 Å². The highest BCUT2D eigenvalue weighted by Gasteiger charge is 2.29. The summed E-state index contributed by atoms with van der Waals surface area (Å²) in [5.74, 6) is 0.0330. The van der Waals surface area contributed by atoms with E-state index in [1.807, 2.05) is 52.8 Å². The summed E-state index contributed by atoms with van der Waals surface area (Å²) < 4.78 is 5.73. The van der Waals surface area contributed by atoms with E-state index in [1.54, 1.807) is 25.1 Å². The minimum atomic E-state index is -0.721. The Morgan fingerprint density at radius 2 is 1.74 bits per heavy atom. The van der Waals surface area contributed by atoms with E-state index in [0.717, 1.165) is 11.1 Å². The Morgan fingerprint density at radius 1 is 1.06 bits per heavy atom. The van der Waals surface area contributed by atoms with Crippen molar-refractivity contribution in [1.82, 2.24) is 10.2 Å². The zero-order valence-electron chi connectivity index (χ0n) is 18.9. The number of amides is 2. The first-order chi connectivity index (χ1) is 14.4. The summed E-state index contributed by atoms with van der Waals surface area (Å²) in [6.07, 6.45) is 0. The first kappa shape index (κ1) is 25.0. The summed E-state index contributed by atoms with van der Waals surface area (Å²) >= 11 is 12.3. The molecule has 0 spiro atoms. The number of nitrogens with zero attached hydrogens (tertiary/aromatic N) is 1. The molecule has 2 aromatic carbocycles. The first-order valence-corrected chi connectivity index (χ1v) is 10.9. The monoisotopic (exact) mass is 464 g/mol. The number of hydrogen-bond acceptors (Lipinski definition) is 3. The molecule has 0 aromatic heterocycles. The number of hydrogen-bond donors (Lipinski definition) is 1. The number of carbonyl (C=O) groups excluding carboxylic acids is 2. The lowest BCUT2D eigenvalue weighted by Gasteiger charge is -2.31. The third-order valence-electron chi connectivity index (χ3n) is 4.86. The van der Waals surface area contributed by atoms with Crippen molar-refractivity contribution < 1.29 is 14.3 Å². The van der Waals surface area contributed by atoms with Gasteiger partial charge in [0.1, 0.15) is 11.8 Å². The number of rotatable bonds is 7. The Balaban J connectivity index is 2.23. The Morgan fingerprint density at radius 3 is 2.32 bits per heavy atom. The predicted molar refractivity (Wildman–Crippen MR) is 126 cm³/mol. The van der Waals surface area contributed by atoms with Gasteiger partial charge < -0.3 is 15.0 Å². The summed E-state index contributed by atoms with van der Waals surface area (Å²) in [6.45, 7) is 11.3. The van der Waals surface area contributed by atoms with Crippen molar-refractivity contribution in [3.63, 3.8) is 0 Å². The maximum atomic E-state index is 13.1. The maximum Gasteiger partial charge on any atom is 0.261 e. The number of halogens is 2. The highest BCUT2D eigenvalue weighted by molar-refractivity contribution is 6.35. The third-order valence-corrected chi connectivity index (χ3v) is 5.45. The zero-order valence-corrected chi connectivity index (χ0v) is 20.4. The van der Waals surface area contributed by atoms with E-state index >= 15 is 0 Å². The lowest BCUT2D eigenvalue weighted by atomic mass is 10.1. The third kappa shape index (κ3) is 7.44. The number of aryl methyl sites for hydroxylation is 2. The summed E-state index contributed by atoms with van der Waals surface area (Å²) in [5.41, 5.74) is 2.49. The van der Waals surface area contributed by atoms with Gasteiger partial charge in [0.25, 0.3) is 5.91 Å². The van der Waals surface area contributed by atoms with Gasteiger partial charge in [0.15, 0.2) is 6.61 Å². The van der Waals surface area contributed by atoms with Gasteiger partial charge in [-0.3, -0.25) is 9.59 Å². The van der Waals surface area contributed by atoms with Crippen LogP contribution in [0.15, 0.2) is 36.4 Å². The van der Waals surface area contributed by atoms with Crippen LogP contribution in [0.5, 0.6) is 5.75 Å². The SMILES string of the molecule is Cc1ccc(OCC(=O)N(Cc2ccc(Cl)cc2Cl)[C@H](C)C(=O)NC(C)(C)C)cc1C. The van der Waals surface area contributed by atoms with E-state index < -0.39 is 11.6 Å². The summed E-state index contributed by atoms with van der Waals surface area (Å²) in [7, 11) is 0. The molecule has 0 aliphatic carbocycles. The smallest absolute Gasteiger partial charge is 0.261 e. The fourth-order valence-electron chi connectivity index (χ4n) is 2.92. The average Bonchev–Trinajstić information content (AvgIpc) is 2.66. The highest BCUT2D eigenvalue weighted by Crippen LogP contribution is 2.24. The van der Waals surface area contributed by atoms with Crippen molar-refractivity contribution >= 4 is 35.0 Å². The maximum absolute atomic E-state index is 13.1.